The van der Waals surface area contributed by atoms with E-state index < -0.39 is 0 Å². The second kappa shape index (κ2) is 7.46. The van der Waals surface area contributed by atoms with E-state index in [1.165, 1.54) is 37.9 Å². The van der Waals surface area contributed by atoms with E-state index in [0.29, 0.717) is 24.1 Å². The van der Waals surface area contributed by atoms with Crippen molar-refractivity contribution in [3.8, 4) is 0 Å². The van der Waals surface area contributed by atoms with Crippen LogP contribution in [0.2, 0.25) is 0 Å². The quantitative estimate of drug-likeness (QED) is 0.747. The van der Waals surface area contributed by atoms with Crippen LogP contribution in [0.5, 0.6) is 0 Å². The number of hydrogen-bond acceptors (Lipinski definition) is 3. The minimum absolute atomic E-state index is 0.311. The molecule has 3 atom stereocenters. The highest BCUT2D eigenvalue weighted by Crippen LogP contribution is 2.51. The topological polar surface area (TPSA) is 35.5 Å². The Hall–Kier alpha value is -1.16. The van der Waals surface area contributed by atoms with Crippen molar-refractivity contribution in [2.45, 2.75) is 64.1 Å². The number of hydrogen-bond donors (Lipinski definition) is 2. The van der Waals surface area contributed by atoms with E-state index in [-0.39, 0.29) is 0 Å². The third-order valence-electron chi connectivity index (χ3n) is 6.91. The summed E-state index contributed by atoms with van der Waals surface area (Å²) in [5, 5.41) is 13.4. The summed E-state index contributed by atoms with van der Waals surface area (Å²) in [5.74, 6) is 0.744. The first-order valence-corrected chi connectivity index (χ1v) is 10.5. The van der Waals surface area contributed by atoms with E-state index in [0.717, 1.165) is 24.8 Å². The summed E-state index contributed by atoms with van der Waals surface area (Å²) < 4.78 is 0. The van der Waals surface area contributed by atoms with Gasteiger partial charge in [-0.05, 0) is 49.0 Å². The highest BCUT2D eigenvalue weighted by molar-refractivity contribution is 5.54. The monoisotopic (exact) mass is 354 g/mol. The van der Waals surface area contributed by atoms with Gasteiger partial charge in [0.25, 0.3) is 0 Å². The number of aliphatic hydroxyl groups is 1. The van der Waals surface area contributed by atoms with Crippen LogP contribution in [0.15, 0.2) is 35.9 Å². The minimum atomic E-state index is 0.311. The number of benzene rings is 1. The Bertz CT molecular complexity index is 623. The maximum absolute atomic E-state index is 9.45. The molecule has 0 amide bonds. The number of nitrogens with zero attached hydrogens (tertiary/aromatic N) is 1. The van der Waals surface area contributed by atoms with Crippen molar-refractivity contribution < 1.29 is 5.11 Å². The number of rotatable bonds is 8. The Labute approximate surface area is 158 Å². The average Bonchev–Trinajstić information content (AvgIpc) is 3.36. The van der Waals surface area contributed by atoms with Crippen molar-refractivity contribution in [1.82, 2.24) is 10.2 Å². The van der Waals surface area contributed by atoms with Gasteiger partial charge in [0.15, 0.2) is 0 Å². The lowest BCUT2D eigenvalue weighted by atomic mass is 9.60. The predicted octanol–water partition coefficient (Wildman–Crippen LogP) is 3.69. The van der Waals surface area contributed by atoms with Crippen molar-refractivity contribution in [2.75, 3.05) is 19.7 Å². The Morgan fingerprint density at radius 3 is 2.62 bits per heavy atom. The lowest BCUT2D eigenvalue weighted by molar-refractivity contribution is -0.107. The smallest absolute Gasteiger partial charge is 0.0586 e. The Kier molecular flexibility index (Phi) is 5.22. The van der Waals surface area contributed by atoms with Crippen LogP contribution >= 0.6 is 0 Å². The maximum atomic E-state index is 9.45. The highest BCUT2D eigenvalue weighted by atomic mass is 16.3. The fraction of sp³-hybridized carbons (Fsp3) is 0.652. The van der Waals surface area contributed by atoms with E-state index >= 15 is 0 Å². The van der Waals surface area contributed by atoms with Gasteiger partial charge in [0.2, 0.25) is 0 Å². The molecule has 1 aromatic rings. The summed E-state index contributed by atoms with van der Waals surface area (Å²) in [6, 6.07) is 12.5. The van der Waals surface area contributed by atoms with Gasteiger partial charge in [-0.2, -0.15) is 0 Å². The van der Waals surface area contributed by atoms with Gasteiger partial charge < -0.3 is 10.4 Å². The van der Waals surface area contributed by atoms with Gasteiger partial charge in [0.05, 0.1) is 6.61 Å². The van der Waals surface area contributed by atoms with Crippen LogP contribution in [-0.4, -0.2) is 47.8 Å². The molecule has 1 aromatic carbocycles. The fourth-order valence-corrected chi connectivity index (χ4v) is 5.26. The van der Waals surface area contributed by atoms with Gasteiger partial charge in [-0.25, -0.2) is 0 Å². The zero-order valence-electron chi connectivity index (χ0n) is 16.3. The van der Waals surface area contributed by atoms with E-state index in [9.17, 15) is 5.11 Å². The van der Waals surface area contributed by atoms with Crippen LogP contribution in [0.4, 0.5) is 0 Å². The fourth-order valence-electron chi connectivity index (χ4n) is 5.26. The molecule has 0 bridgehead atoms. The van der Waals surface area contributed by atoms with Crippen LogP contribution in [0.25, 0.3) is 6.08 Å². The molecule has 2 saturated carbocycles. The predicted molar refractivity (Wildman–Crippen MR) is 108 cm³/mol. The van der Waals surface area contributed by atoms with E-state index in [2.05, 4.69) is 60.5 Å². The molecule has 0 aromatic heterocycles. The lowest BCUT2D eigenvalue weighted by Gasteiger charge is -2.61. The van der Waals surface area contributed by atoms with Gasteiger partial charge in [-0.3, -0.25) is 4.90 Å². The molecule has 4 rings (SSSR count). The molecule has 3 heteroatoms. The molecular formula is C23H34N2O. The van der Waals surface area contributed by atoms with Crippen LogP contribution in [0.3, 0.4) is 0 Å². The molecule has 2 N–H and O–H groups in total. The highest BCUT2D eigenvalue weighted by Gasteiger charge is 2.54. The average molecular weight is 355 g/mol. The zero-order chi connectivity index (χ0) is 18.1. The Morgan fingerprint density at radius 1 is 1.27 bits per heavy atom. The third kappa shape index (κ3) is 3.62. The first-order chi connectivity index (χ1) is 12.7. The van der Waals surface area contributed by atoms with Crippen molar-refractivity contribution in [1.29, 1.82) is 0 Å². The molecular weight excluding hydrogens is 320 g/mol. The summed E-state index contributed by atoms with van der Waals surface area (Å²) in [6.45, 7) is 7.18. The van der Waals surface area contributed by atoms with Crippen LogP contribution in [-0.2, 0) is 0 Å². The molecule has 0 radical (unpaired) electrons. The first-order valence-electron chi connectivity index (χ1n) is 10.5. The number of likely N-dealkylation sites (tertiary alicyclic amines) is 1. The van der Waals surface area contributed by atoms with Gasteiger partial charge in [-0.1, -0.05) is 55.8 Å². The molecule has 1 unspecified atom stereocenters. The lowest BCUT2D eigenvalue weighted by Crippen LogP contribution is -2.68. The molecule has 3 fully saturated rings. The summed E-state index contributed by atoms with van der Waals surface area (Å²) in [7, 11) is 0. The molecule has 26 heavy (non-hydrogen) atoms. The first kappa shape index (κ1) is 18.2. The number of nitrogens with one attached hydrogen (secondary N) is 1. The summed E-state index contributed by atoms with van der Waals surface area (Å²) in [4.78, 5) is 2.48. The molecule has 3 aliphatic rings. The molecule has 3 nitrogen and oxygen atoms in total. The van der Waals surface area contributed by atoms with E-state index in [4.69, 9.17) is 0 Å². The van der Waals surface area contributed by atoms with Crippen molar-refractivity contribution in [2.24, 2.45) is 11.3 Å². The molecule has 2 aliphatic carbocycles. The second-order valence-electron chi connectivity index (χ2n) is 8.85. The van der Waals surface area contributed by atoms with Gasteiger partial charge >= 0.3 is 0 Å². The van der Waals surface area contributed by atoms with E-state index in [1.807, 2.05) is 0 Å². The molecule has 1 aliphatic heterocycles. The van der Waals surface area contributed by atoms with Gasteiger partial charge in [0, 0.05) is 31.2 Å². The van der Waals surface area contributed by atoms with Crippen LogP contribution < -0.4 is 5.32 Å². The van der Waals surface area contributed by atoms with Crippen molar-refractivity contribution in [3.63, 3.8) is 0 Å². The zero-order valence-corrected chi connectivity index (χ0v) is 16.3. The minimum Gasteiger partial charge on any atom is -0.395 e. The molecule has 1 heterocycles. The molecule has 1 saturated heterocycles. The normalized spacial score (nSPS) is 29.3. The summed E-state index contributed by atoms with van der Waals surface area (Å²) >= 11 is 0. The van der Waals surface area contributed by atoms with Crippen LogP contribution in [0.1, 0.15) is 51.5 Å². The Morgan fingerprint density at radius 2 is 2.00 bits per heavy atom. The van der Waals surface area contributed by atoms with Crippen molar-refractivity contribution in [3.05, 3.63) is 41.5 Å². The van der Waals surface area contributed by atoms with Crippen molar-refractivity contribution >= 4 is 6.08 Å². The van der Waals surface area contributed by atoms with E-state index in [1.54, 1.807) is 5.57 Å². The SMILES string of the molecule is CC/C(=C\c1ccccc1)[C@@H]1C[C@H]1NC1CC2(C1)CN(C(CC)CO)C2. The third-order valence-corrected chi connectivity index (χ3v) is 6.91. The maximum Gasteiger partial charge on any atom is 0.0586 e. The molecule has 1 spiro atoms. The summed E-state index contributed by atoms with van der Waals surface area (Å²) in [5.41, 5.74) is 3.51. The number of aliphatic hydroxyl groups excluding tert-OH is 1. The standard InChI is InChI=1S/C23H34N2O/c1-3-18(10-17-8-6-5-7-9-17)21-11-22(21)24-19-12-23(13-19)15-25(16-23)20(4-2)14-26/h5-10,19-22,24,26H,3-4,11-16H2,1-2H3/b18-10+/t20?,21-,22+/m0/s1. The molecule has 142 valence electrons. The van der Waals surface area contributed by atoms with Crippen LogP contribution in [0, 0.1) is 11.3 Å². The van der Waals surface area contributed by atoms with Gasteiger partial charge in [0.1, 0.15) is 0 Å². The van der Waals surface area contributed by atoms with Gasteiger partial charge in [-0.15, -0.1) is 0 Å². The summed E-state index contributed by atoms with van der Waals surface area (Å²) in [6.07, 6.45) is 8.59. The Balaban J connectivity index is 1.23. The second-order valence-corrected chi connectivity index (χ2v) is 8.85. The largest absolute Gasteiger partial charge is 0.395 e.